The van der Waals surface area contributed by atoms with E-state index in [0.717, 1.165) is 36.7 Å². The number of nitrogens with zero attached hydrogens (tertiary/aromatic N) is 2. The number of rotatable bonds is 4. The molecule has 0 aliphatic carbocycles. The Morgan fingerprint density at radius 1 is 1.35 bits per heavy atom. The average molecular weight is 232 g/mol. The number of benzene rings is 1. The Bertz CT molecular complexity index is 451. The molecular formula is C13H16N2O2. The number of fused-ring (bicyclic) bond motifs is 1. The fraction of sp³-hybridized carbons (Fsp3) is 0.462. The van der Waals surface area contributed by atoms with Gasteiger partial charge in [-0.15, -0.1) is 0 Å². The maximum absolute atomic E-state index is 8.65. The molecular weight excluding hydrogens is 216 g/mol. The molecule has 90 valence electrons. The van der Waals surface area contributed by atoms with Crippen molar-refractivity contribution in [3.8, 4) is 17.6 Å². The van der Waals surface area contributed by atoms with Crippen LogP contribution in [0.1, 0.15) is 12.0 Å². The van der Waals surface area contributed by atoms with Gasteiger partial charge in [-0.05, 0) is 6.42 Å². The molecule has 1 aromatic carbocycles. The lowest BCUT2D eigenvalue weighted by Crippen LogP contribution is -2.21. The van der Waals surface area contributed by atoms with Crippen LogP contribution in [0.25, 0.3) is 0 Å². The molecule has 2 rings (SSSR count). The first kappa shape index (κ1) is 11.6. The molecule has 0 unspecified atom stereocenters. The van der Waals surface area contributed by atoms with E-state index in [2.05, 4.69) is 11.0 Å². The first-order chi connectivity index (χ1) is 8.30. The largest absolute Gasteiger partial charge is 0.497 e. The monoisotopic (exact) mass is 232 g/mol. The van der Waals surface area contributed by atoms with Crippen molar-refractivity contribution in [1.82, 2.24) is 0 Å². The fourth-order valence-corrected chi connectivity index (χ4v) is 2.22. The third-order valence-electron chi connectivity index (χ3n) is 3.08. The van der Waals surface area contributed by atoms with Gasteiger partial charge in [0.15, 0.2) is 0 Å². The summed E-state index contributed by atoms with van der Waals surface area (Å²) in [7, 11) is 3.32. The van der Waals surface area contributed by atoms with Crippen molar-refractivity contribution < 1.29 is 9.47 Å². The van der Waals surface area contributed by atoms with Crippen molar-refractivity contribution in [2.45, 2.75) is 12.8 Å². The van der Waals surface area contributed by atoms with Crippen LogP contribution in [0.15, 0.2) is 12.1 Å². The van der Waals surface area contributed by atoms with Crippen molar-refractivity contribution in [3.63, 3.8) is 0 Å². The number of ether oxygens (including phenoxy) is 2. The topological polar surface area (TPSA) is 45.5 Å². The number of nitriles is 1. The summed E-state index contributed by atoms with van der Waals surface area (Å²) >= 11 is 0. The summed E-state index contributed by atoms with van der Waals surface area (Å²) in [5.41, 5.74) is 2.35. The molecule has 1 aliphatic rings. The molecule has 0 N–H and O–H groups in total. The van der Waals surface area contributed by atoms with Crippen LogP contribution < -0.4 is 14.4 Å². The van der Waals surface area contributed by atoms with Crippen LogP contribution in [0.4, 0.5) is 5.69 Å². The van der Waals surface area contributed by atoms with Crippen molar-refractivity contribution in [2.24, 2.45) is 0 Å². The Kier molecular flexibility index (Phi) is 3.38. The lowest BCUT2D eigenvalue weighted by atomic mass is 10.1. The highest BCUT2D eigenvalue weighted by Gasteiger charge is 2.23. The summed E-state index contributed by atoms with van der Waals surface area (Å²) in [6.07, 6.45) is 1.51. The van der Waals surface area contributed by atoms with Gasteiger partial charge in [-0.3, -0.25) is 0 Å². The second-order valence-corrected chi connectivity index (χ2v) is 3.97. The van der Waals surface area contributed by atoms with E-state index in [1.807, 2.05) is 12.1 Å². The predicted molar refractivity (Wildman–Crippen MR) is 65.7 cm³/mol. The molecule has 0 atom stereocenters. The van der Waals surface area contributed by atoms with E-state index < -0.39 is 0 Å². The summed E-state index contributed by atoms with van der Waals surface area (Å²) in [4.78, 5) is 2.21. The van der Waals surface area contributed by atoms with Crippen LogP contribution in [0.2, 0.25) is 0 Å². The Hall–Kier alpha value is -1.89. The van der Waals surface area contributed by atoms with Crippen molar-refractivity contribution >= 4 is 5.69 Å². The summed E-state index contributed by atoms with van der Waals surface area (Å²) in [6, 6.07) is 6.10. The number of hydrogen-bond acceptors (Lipinski definition) is 4. The van der Waals surface area contributed by atoms with E-state index in [4.69, 9.17) is 14.7 Å². The minimum absolute atomic E-state index is 0.541. The highest BCUT2D eigenvalue weighted by atomic mass is 16.5. The van der Waals surface area contributed by atoms with E-state index in [0.29, 0.717) is 6.42 Å². The SMILES string of the molecule is COc1cc(OC)c2c(c1)N(CCC#N)CC2. The Morgan fingerprint density at radius 3 is 2.82 bits per heavy atom. The molecule has 0 fully saturated rings. The number of anilines is 1. The quantitative estimate of drug-likeness (QED) is 0.796. The van der Waals surface area contributed by atoms with Crippen LogP contribution in [-0.2, 0) is 6.42 Å². The van der Waals surface area contributed by atoms with Crippen LogP contribution in [0.3, 0.4) is 0 Å². The molecule has 1 aromatic rings. The molecule has 0 radical (unpaired) electrons. The van der Waals surface area contributed by atoms with E-state index in [-0.39, 0.29) is 0 Å². The second-order valence-electron chi connectivity index (χ2n) is 3.97. The molecule has 0 amide bonds. The van der Waals surface area contributed by atoms with Crippen LogP contribution in [0.5, 0.6) is 11.5 Å². The zero-order valence-electron chi connectivity index (χ0n) is 10.2. The maximum Gasteiger partial charge on any atom is 0.127 e. The Balaban J connectivity index is 2.34. The van der Waals surface area contributed by atoms with Gasteiger partial charge in [0.25, 0.3) is 0 Å². The molecule has 0 saturated carbocycles. The van der Waals surface area contributed by atoms with Crippen molar-refractivity contribution in [3.05, 3.63) is 17.7 Å². The summed E-state index contributed by atoms with van der Waals surface area (Å²) in [6.45, 7) is 1.71. The Morgan fingerprint density at radius 2 is 2.18 bits per heavy atom. The Labute approximate surface area is 101 Å². The zero-order valence-corrected chi connectivity index (χ0v) is 10.2. The summed E-state index contributed by atoms with van der Waals surface area (Å²) in [5, 5.41) is 8.65. The summed E-state index contributed by atoms with van der Waals surface area (Å²) in [5.74, 6) is 1.67. The predicted octanol–water partition coefficient (Wildman–Crippen LogP) is 1.98. The molecule has 4 heteroatoms. The standard InChI is InChI=1S/C13H16N2O2/c1-16-10-8-12-11(13(9-10)17-2)4-7-15(12)6-3-5-14/h8-9H,3-4,6-7H2,1-2H3. The van der Waals surface area contributed by atoms with E-state index >= 15 is 0 Å². The van der Waals surface area contributed by atoms with Crippen molar-refractivity contribution in [2.75, 3.05) is 32.2 Å². The zero-order chi connectivity index (χ0) is 12.3. The number of methoxy groups -OCH3 is 2. The smallest absolute Gasteiger partial charge is 0.127 e. The first-order valence-electron chi connectivity index (χ1n) is 5.67. The van der Waals surface area contributed by atoms with Crippen LogP contribution in [0, 0.1) is 11.3 Å². The van der Waals surface area contributed by atoms with Gasteiger partial charge >= 0.3 is 0 Å². The van der Waals surface area contributed by atoms with Gasteiger partial charge in [-0.25, -0.2) is 0 Å². The lowest BCUT2D eigenvalue weighted by Gasteiger charge is -2.19. The van der Waals surface area contributed by atoms with Gasteiger partial charge in [0, 0.05) is 36.5 Å². The second kappa shape index (κ2) is 4.96. The van der Waals surface area contributed by atoms with E-state index in [1.54, 1.807) is 14.2 Å². The molecule has 4 nitrogen and oxygen atoms in total. The highest BCUT2D eigenvalue weighted by Crippen LogP contribution is 2.38. The minimum atomic E-state index is 0.541. The first-order valence-corrected chi connectivity index (χ1v) is 5.67. The van der Waals surface area contributed by atoms with Gasteiger partial charge in [0.05, 0.1) is 26.7 Å². The molecule has 1 aliphatic heterocycles. The third-order valence-corrected chi connectivity index (χ3v) is 3.08. The average Bonchev–Trinajstić information content (AvgIpc) is 2.78. The lowest BCUT2D eigenvalue weighted by molar-refractivity contribution is 0.392. The molecule has 0 saturated heterocycles. The van der Waals surface area contributed by atoms with E-state index in [9.17, 15) is 0 Å². The van der Waals surface area contributed by atoms with E-state index in [1.165, 1.54) is 5.56 Å². The van der Waals surface area contributed by atoms with Gasteiger partial charge < -0.3 is 14.4 Å². The molecule has 0 bridgehead atoms. The molecule has 0 aromatic heterocycles. The molecule has 1 heterocycles. The van der Waals surface area contributed by atoms with Gasteiger partial charge in [-0.2, -0.15) is 5.26 Å². The highest BCUT2D eigenvalue weighted by molar-refractivity contribution is 5.66. The third kappa shape index (κ3) is 2.14. The molecule has 17 heavy (non-hydrogen) atoms. The maximum atomic E-state index is 8.65. The van der Waals surface area contributed by atoms with Crippen LogP contribution in [-0.4, -0.2) is 27.3 Å². The normalized spacial score (nSPS) is 13.1. The fourth-order valence-electron chi connectivity index (χ4n) is 2.22. The van der Waals surface area contributed by atoms with Crippen molar-refractivity contribution in [1.29, 1.82) is 5.26 Å². The van der Waals surface area contributed by atoms with Gasteiger partial charge in [0.1, 0.15) is 11.5 Å². The van der Waals surface area contributed by atoms with Gasteiger partial charge in [0.2, 0.25) is 0 Å². The number of hydrogen-bond donors (Lipinski definition) is 0. The minimum Gasteiger partial charge on any atom is -0.497 e. The van der Waals surface area contributed by atoms with Gasteiger partial charge in [-0.1, -0.05) is 0 Å². The summed E-state index contributed by atoms with van der Waals surface area (Å²) < 4.78 is 10.6. The van der Waals surface area contributed by atoms with Crippen LogP contribution >= 0.6 is 0 Å². The molecule has 0 spiro atoms.